The number of hydrogen-bond acceptors (Lipinski definition) is 4. The van der Waals surface area contributed by atoms with Crippen molar-refractivity contribution in [1.29, 1.82) is 0 Å². The van der Waals surface area contributed by atoms with E-state index in [1.54, 1.807) is 4.90 Å². The first-order valence-electron chi connectivity index (χ1n) is 6.29. The minimum Gasteiger partial charge on any atom is -0.374 e. The van der Waals surface area contributed by atoms with E-state index < -0.39 is 0 Å². The zero-order chi connectivity index (χ0) is 12.4. The van der Waals surface area contributed by atoms with Gasteiger partial charge < -0.3 is 10.6 Å². The summed E-state index contributed by atoms with van der Waals surface area (Å²) in [5.74, 6) is 0. The number of nitrogens with zero attached hydrogens (tertiary/aromatic N) is 2. The molecule has 3 rings (SSSR count). The van der Waals surface area contributed by atoms with Gasteiger partial charge in [-0.15, -0.1) is 10.2 Å². The molecule has 0 bridgehead atoms. The summed E-state index contributed by atoms with van der Waals surface area (Å²) in [6, 6.07) is 8.76. The molecule has 0 saturated heterocycles. The Bertz CT molecular complexity index is 537. The predicted molar refractivity (Wildman–Crippen MR) is 72.6 cm³/mol. The van der Waals surface area contributed by atoms with Crippen molar-refractivity contribution in [2.45, 2.75) is 19.4 Å². The van der Waals surface area contributed by atoms with Crippen LogP contribution < -0.4 is 10.6 Å². The summed E-state index contributed by atoms with van der Waals surface area (Å²) in [5.41, 5.74) is 8.60. The Labute approximate surface area is 110 Å². The Morgan fingerprint density at radius 2 is 2.06 bits per heavy atom. The molecule has 1 atom stereocenters. The Kier molecular flexibility index (Phi) is 3.25. The Hall–Kier alpha value is -1.46. The molecule has 4 nitrogen and oxygen atoms in total. The molecule has 0 fully saturated rings. The lowest BCUT2D eigenvalue weighted by atomic mass is 10.00. The van der Waals surface area contributed by atoms with Gasteiger partial charge in [-0.1, -0.05) is 35.6 Å². The third-order valence-corrected chi connectivity index (χ3v) is 4.29. The third kappa shape index (κ3) is 2.52. The van der Waals surface area contributed by atoms with Crippen LogP contribution in [0.4, 0.5) is 5.13 Å². The van der Waals surface area contributed by atoms with Crippen LogP contribution in [0.1, 0.15) is 16.1 Å². The molecule has 1 unspecified atom stereocenters. The van der Waals surface area contributed by atoms with E-state index in [9.17, 15) is 0 Å². The lowest BCUT2D eigenvalue weighted by Gasteiger charge is -2.25. The zero-order valence-electron chi connectivity index (χ0n) is 10.2. The topological polar surface area (TPSA) is 56.2 Å². The summed E-state index contributed by atoms with van der Waals surface area (Å²) >= 11 is 1.50. The van der Waals surface area contributed by atoms with Crippen LogP contribution in [0.5, 0.6) is 0 Å². The molecule has 0 amide bonds. The molecule has 0 radical (unpaired) electrons. The molecule has 94 valence electrons. The van der Waals surface area contributed by atoms with Crippen molar-refractivity contribution in [2.24, 2.45) is 0 Å². The molecule has 1 aliphatic rings. The van der Waals surface area contributed by atoms with Gasteiger partial charge >= 0.3 is 0 Å². The summed E-state index contributed by atoms with van der Waals surface area (Å²) in [4.78, 5) is 1.63. The highest BCUT2D eigenvalue weighted by Crippen LogP contribution is 2.12. The summed E-state index contributed by atoms with van der Waals surface area (Å²) in [5, 5.41) is 9.56. The summed E-state index contributed by atoms with van der Waals surface area (Å²) < 4.78 is 0. The maximum atomic E-state index is 5.59. The van der Waals surface area contributed by atoms with E-state index in [1.165, 1.54) is 35.4 Å². The fourth-order valence-electron chi connectivity index (χ4n) is 2.51. The van der Waals surface area contributed by atoms with Gasteiger partial charge in [0.25, 0.3) is 0 Å². The van der Waals surface area contributed by atoms with Crippen LogP contribution in [0, 0.1) is 0 Å². The van der Waals surface area contributed by atoms with E-state index in [4.69, 9.17) is 5.73 Å². The molecular weight excluding hydrogens is 244 g/mol. The van der Waals surface area contributed by atoms with Crippen molar-refractivity contribution in [3.05, 3.63) is 40.4 Å². The van der Waals surface area contributed by atoms with E-state index in [1.807, 2.05) is 0 Å². The minimum atomic E-state index is 0.573. The normalized spacial score (nSPS) is 18.6. The molecule has 0 aliphatic carbocycles. The number of nitrogen functional groups attached to an aromatic ring is 1. The molecule has 1 aromatic heterocycles. The minimum absolute atomic E-state index is 0.573. The second kappa shape index (κ2) is 5.04. The molecule has 5 heteroatoms. The van der Waals surface area contributed by atoms with Crippen molar-refractivity contribution in [3.63, 3.8) is 0 Å². The molecule has 1 aliphatic heterocycles. The van der Waals surface area contributed by atoms with Crippen LogP contribution in [-0.4, -0.2) is 23.3 Å². The predicted octanol–water partition coefficient (Wildman–Crippen LogP) is 0.304. The first-order chi connectivity index (χ1) is 8.81. The Morgan fingerprint density at radius 3 is 2.83 bits per heavy atom. The lowest BCUT2D eigenvalue weighted by Crippen LogP contribution is -3.12. The van der Waals surface area contributed by atoms with Crippen LogP contribution >= 0.6 is 11.3 Å². The van der Waals surface area contributed by atoms with E-state index in [0.717, 1.165) is 24.5 Å². The molecular formula is C13H17N4S+. The standard InChI is InChI=1S/C13H16N4S/c14-13-16-15-12(18-13)6-8-17-7-5-10-3-1-2-4-11(10)9-17/h1-4H,5-9H2,(H2,14,16)/p+1. The Balaban J connectivity index is 1.59. The van der Waals surface area contributed by atoms with Gasteiger partial charge in [-0.25, -0.2) is 0 Å². The second-order valence-corrected chi connectivity index (χ2v) is 5.82. The van der Waals surface area contributed by atoms with Crippen LogP contribution in [0.15, 0.2) is 24.3 Å². The van der Waals surface area contributed by atoms with Crippen LogP contribution in [0.2, 0.25) is 0 Å². The number of aromatic nitrogens is 2. The van der Waals surface area contributed by atoms with Crippen LogP contribution in [0.3, 0.4) is 0 Å². The average Bonchev–Trinajstić information content (AvgIpc) is 2.82. The highest BCUT2D eigenvalue weighted by molar-refractivity contribution is 7.15. The van der Waals surface area contributed by atoms with Crippen LogP contribution in [-0.2, 0) is 19.4 Å². The van der Waals surface area contributed by atoms with E-state index in [-0.39, 0.29) is 0 Å². The van der Waals surface area contributed by atoms with E-state index in [0.29, 0.717) is 5.13 Å². The largest absolute Gasteiger partial charge is 0.374 e. The van der Waals surface area contributed by atoms with Gasteiger partial charge in [-0.3, -0.25) is 0 Å². The Morgan fingerprint density at radius 1 is 1.22 bits per heavy atom. The molecule has 2 aromatic rings. The third-order valence-electron chi connectivity index (χ3n) is 3.48. The quantitative estimate of drug-likeness (QED) is 0.836. The van der Waals surface area contributed by atoms with Crippen molar-refractivity contribution in [1.82, 2.24) is 10.2 Å². The first-order valence-corrected chi connectivity index (χ1v) is 7.11. The van der Waals surface area contributed by atoms with Crippen LogP contribution in [0.25, 0.3) is 0 Å². The van der Waals surface area contributed by atoms with Crippen molar-refractivity contribution in [3.8, 4) is 0 Å². The number of fused-ring (bicyclic) bond motifs is 1. The number of nitrogens with one attached hydrogen (secondary N) is 1. The van der Waals surface area contributed by atoms with E-state index in [2.05, 4.69) is 34.5 Å². The zero-order valence-corrected chi connectivity index (χ0v) is 11.0. The van der Waals surface area contributed by atoms with Gasteiger partial charge in [0, 0.05) is 12.0 Å². The van der Waals surface area contributed by atoms with Crippen molar-refractivity contribution >= 4 is 16.5 Å². The fraction of sp³-hybridized carbons (Fsp3) is 0.385. The number of nitrogens with two attached hydrogens (primary N) is 1. The van der Waals surface area contributed by atoms with E-state index >= 15 is 0 Å². The maximum absolute atomic E-state index is 5.59. The maximum Gasteiger partial charge on any atom is 0.203 e. The van der Waals surface area contributed by atoms with Gasteiger partial charge in [-0.05, 0) is 5.56 Å². The van der Waals surface area contributed by atoms with Gasteiger partial charge in [-0.2, -0.15) is 0 Å². The molecule has 18 heavy (non-hydrogen) atoms. The molecule has 0 saturated carbocycles. The number of hydrogen-bond donors (Lipinski definition) is 2. The SMILES string of the molecule is Nc1nnc(CC[NH+]2CCc3ccccc3C2)s1. The summed E-state index contributed by atoms with van der Waals surface area (Å²) in [6.45, 7) is 3.46. The molecule has 3 N–H and O–H groups in total. The summed E-state index contributed by atoms with van der Waals surface area (Å²) in [7, 11) is 0. The number of benzene rings is 1. The van der Waals surface area contributed by atoms with Gasteiger partial charge in [0.15, 0.2) is 0 Å². The van der Waals surface area contributed by atoms with Gasteiger partial charge in [0.05, 0.1) is 19.5 Å². The first kappa shape index (κ1) is 11.6. The number of rotatable bonds is 3. The smallest absolute Gasteiger partial charge is 0.203 e. The van der Waals surface area contributed by atoms with Gasteiger partial charge in [0.2, 0.25) is 5.13 Å². The second-order valence-electron chi connectivity index (χ2n) is 4.73. The number of quaternary nitrogens is 1. The molecule has 1 aromatic carbocycles. The highest BCUT2D eigenvalue weighted by Gasteiger charge is 2.18. The molecule has 0 spiro atoms. The lowest BCUT2D eigenvalue weighted by molar-refractivity contribution is -0.915. The average molecular weight is 261 g/mol. The number of anilines is 1. The highest BCUT2D eigenvalue weighted by atomic mass is 32.1. The van der Waals surface area contributed by atoms with Gasteiger partial charge in [0.1, 0.15) is 11.6 Å². The van der Waals surface area contributed by atoms with Crippen molar-refractivity contribution < 1.29 is 4.90 Å². The summed E-state index contributed by atoms with van der Waals surface area (Å²) in [6.07, 6.45) is 2.16. The fourth-order valence-corrected chi connectivity index (χ4v) is 3.12. The molecule has 2 heterocycles. The monoisotopic (exact) mass is 261 g/mol. The van der Waals surface area contributed by atoms with Crippen molar-refractivity contribution in [2.75, 3.05) is 18.8 Å².